The van der Waals surface area contributed by atoms with E-state index in [9.17, 15) is 9.59 Å². The largest absolute Gasteiger partial charge is 0.493 e. The lowest BCUT2D eigenvalue weighted by atomic mass is 9.98. The molecule has 1 aliphatic rings. The number of methoxy groups -OCH3 is 2. The molecule has 2 N–H and O–H groups in total. The van der Waals surface area contributed by atoms with Crippen LogP contribution in [0.2, 0.25) is 0 Å². The molecule has 7 nitrogen and oxygen atoms in total. The highest BCUT2D eigenvalue weighted by atomic mass is 79.9. The molecule has 27 heavy (non-hydrogen) atoms. The summed E-state index contributed by atoms with van der Waals surface area (Å²) in [6, 6.07) is 10.7. The Morgan fingerprint density at radius 1 is 1.22 bits per heavy atom. The first kappa shape index (κ1) is 19.2. The van der Waals surface area contributed by atoms with Crippen molar-refractivity contribution in [2.75, 3.05) is 19.5 Å². The van der Waals surface area contributed by atoms with Gasteiger partial charge in [0.2, 0.25) is 0 Å². The first-order valence-electron chi connectivity index (χ1n) is 8.13. The SMILES string of the molecule is COc1cccc(C2OC(CC(=O)O)C(=O)Nc3ccc(Br)cc32)c1OC. The highest BCUT2D eigenvalue weighted by Crippen LogP contribution is 2.43. The van der Waals surface area contributed by atoms with Gasteiger partial charge in [-0.3, -0.25) is 9.59 Å². The number of hydrogen-bond donors (Lipinski definition) is 2. The number of halogens is 1. The van der Waals surface area contributed by atoms with Crippen LogP contribution in [0.4, 0.5) is 5.69 Å². The van der Waals surface area contributed by atoms with Crippen molar-refractivity contribution in [2.45, 2.75) is 18.6 Å². The van der Waals surface area contributed by atoms with Crippen LogP contribution in [0.3, 0.4) is 0 Å². The quantitative estimate of drug-likeness (QED) is 0.747. The third kappa shape index (κ3) is 3.91. The Morgan fingerprint density at radius 2 is 2.00 bits per heavy atom. The summed E-state index contributed by atoms with van der Waals surface area (Å²) in [4.78, 5) is 23.7. The maximum atomic E-state index is 12.5. The zero-order chi connectivity index (χ0) is 19.6. The number of fused-ring (bicyclic) bond motifs is 1. The summed E-state index contributed by atoms with van der Waals surface area (Å²) in [5.41, 5.74) is 1.85. The van der Waals surface area contributed by atoms with E-state index in [1.165, 1.54) is 14.2 Å². The van der Waals surface area contributed by atoms with Gasteiger partial charge in [0, 0.05) is 21.3 Å². The maximum Gasteiger partial charge on any atom is 0.306 e. The van der Waals surface area contributed by atoms with E-state index in [-0.39, 0.29) is 0 Å². The van der Waals surface area contributed by atoms with Gasteiger partial charge in [0.25, 0.3) is 5.91 Å². The topological polar surface area (TPSA) is 94.1 Å². The van der Waals surface area contributed by atoms with E-state index in [2.05, 4.69) is 21.2 Å². The van der Waals surface area contributed by atoms with Gasteiger partial charge in [0.1, 0.15) is 12.2 Å². The second-order valence-electron chi connectivity index (χ2n) is 5.91. The minimum atomic E-state index is -1.16. The molecule has 0 aromatic heterocycles. The van der Waals surface area contributed by atoms with Crippen molar-refractivity contribution in [3.63, 3.8) is 0 Å². The molecule has 1 heterocycles. The molecule has 1 amide bonds. The van der Waals surface area contributed by atoms with E-state index in [1.807, 2.05) is 6.07 Å². The first-order valence-corrected chi connectivity index (χ1v) is 8.92. The molecule has 2 unspecified atom stereocenters. The van der Waals surface area contributed by atoms with Crippen molar-refractivity contribution < 1.29 is 28.9 Å². The lowest BCUT2D eigenvalue weighted by Gasteiger charge is -2.23. The molecule has 142 valence electrons. The van der Waals surface area contributed by atoms with Crippen LogP contribution >= 0.6 is 15.9 Å². The number of amides is 1. The minimum Gasteiger partial charge on any atom is -0.493 e. The van der Waals surface area contributed by atoms with Crippen molar-refractivity contribution in [3.05, 3.63) is 52.0 Å². The number of hydrogen-bond acceptors (Lipinski definition) is 5. The predicted octanol–water partition coefficient (Wildman–Crippen LogP) is 3.37. The molecule has 2 atom stereocenters. The number of rotatable bonds is 5. The van der Waals surface area contributed by atoms with E-state index in [0.717, 1.165) is 4.47 Å². The number of aliphatic carboxylic acids is 1. The molecular weight excluding hydrogens is 418 g/mol. The third-order valence-electron chi connectivity index (χ3n) is 4.22. The molecule has 1 aliphatic heterocycles. The Balaban J connectivity index is 2.18. The fourth-order valence-electron chi connectivity index (χ4n) is 3.04. The summed E-state index contributed by atoms with van der Waals surface area (Å²) in [6.45, 7) is 0. The van der Waals surface area contributed by atoms with Gasteiger partial charge in [-0.2, -0.15) is 0 Å². The van der Waals surface area contributed by atoms with Gasteiger partial charge in [-0.15, -0.1) is 0 Å². The molecule has 0 fully saturated rings. The Morgan fingerprint density at radius 3 is 2.67 bits per heavy atom. The van der Waals surface area contributed by atoms with Gasteiger partial charge in [-0.1, -0.05) is 28.1 Å². The van der Waals surface area contributed by atoms with Crippen molar-refractivity contribution in [3.8, 4) is 11.5 Å². The Labute approximate surface area is 164 Å². The number of carboxylic acids is 1. The van der Waals surface area contributed by atoms with E-state index in [0.29, 0.717) is 28.3 Å². The fourth-order valence-corrected chi connectivity index (χ4v) is 3.41. The van der Waals surface area contributed by atoms with Crippen LogP contribution in [-0.2, 0) is 14.3 Å². The number of anilines is 1. The van der Waals surface area contributed by atoms with Gasteiger partial charge in [0.05, 0.1) is 20.6 Å². The van der Waals surface area contributed by atoms with Gasteiger partial charge >= 0.3 is 5.97 Å². The smallest absolute Gasteiger partial charge is 0.306 e. The van der Waals surface area contributed by atoms with Crippen molar-refractivity contribution >= 4 is 33.5 Å². The van der Waals surface area contributed by atoms with Crippen molar-refractivity contribution in [1.29, 1.82) is 0 Å². The van der Waals surface area contributed by atoms with Crippen LogP contribution in [0.15, 0.2) is 40.9 Å². The number of carbonyl (C=O) groups excluding carboxylic acids is 1. The zero-order valence-electron chi connectivity index (χ0n) is 14.7. The monoisotopic (exact) mass is 435 g/mol. The van der Waals surface area contributed by atoms with Crippen LogP contribution in [-0.4, -0.2) is 37.3 Å². The summed E-state index contributed by atoms with van der Waals surface area (Å²) in [6.07, 6.45) is -2.34. The van der Waals surface area contributed by atoms with Crippen LogP contribution < -0.4 is 14.8 Å². The molecule has 0 aliphatic carbocycles. The standard InChI is InChI=1S/C19H18BrNO6/c1-25-14-5-3-4-11(18(14)26-2)17-12-8-10(20)6-7-13(12)21-19(24)15(27-17)9-16(22)23/h3-8,15,17H,9H2,1-2H3,(H,21,24)(H,22,23). The highest BCUT2D eigenvalue weighted by molar-refractivity contribution is 9.10. The van der Waals surface area contributed by atoms with Crippen LogP contribution in [0.1, 0.15) is 23.7 Å². The van der Waals surface area contributed by atoms with Crippen molar-refractivity contribution in [1.82, 2.24) is 0 Å². The third-order valence-corrected chi connectivity index (χ3v) is 4.72. The van der Waals surface area contributed by atoms with Crippen molar-refractivity contribution in [2.24, 2.45) is 0 Å². The zero-order valence-corrected chi connectivity index (χ0v) is 16.3. The average Bonchev–Trinajstić information content (AvgIpc) is 2.77. The summed E-state index contributed by atoms with van der Waals surface area (Å²) in [5, 5.41) is 11.9. The Bertz CT molecular complexity index is 884. The Kier molecular flexibility index (Phi) is 5.67. The fraction of sp³-hybridized carbons (Fsp3) is 0.263. The van der Waals surface area contributed by atoms with Gasteiger partial charge in [-0.05, 0) is 24.3 Å². The Hall–Kier alpha value is -2.58. The second kappa shape index (κ2) is 7.98. The maximum absolute atomic E-state index is 12.5. The summed E-state index contributed by atoms with van der Waals surface area (Å²) < 4.78 is 17.7. The van der Waals surface area contributed by atoms with E-state index >= 15 is 0 Å². The van der Waals surface area contributed by atoms with E-state index in [1.54, 1.807) is 30.3 Å². The first-order chi connectivity index (χ1) is 12.9. The second-order valence-corrected chi connectivity index (χ2v) is 6.82. The number of para-hydroxylation sites is 1. The molecule has 0 radical (unpaired) electrons. The number of ether oxygens (including phenoxy) is 3. The molecule has 0 saturated heterocycles. The van der Waals surface area contributed by atoms with E-state index in [4.69, 9.17) is 19.3 Å². The highest BCUT2D eigenvalue weighted by Gasteiger charge is 2.35. The summed E-state index contributed by atoms with van der Waals surface area (Å²) in [5.74, 6) is -0.670. The molecule has 2 aromatic rings. The molecule has 2 aromatic carbocycles. The van der Waals surface area contributed by atoms with Gasteiger partial charge in [0.15, 0.2) is 11.5 Å². The molecule has 3 rings (SSSR count). The summed E-state index contributed by atoms with van der Waals surface area (Å²) in [7, 11) is 3.04. The number of carboxylic acid groups (broad SMARTS) is 1. The molecule has 0 saturated carbocycles. The lowest BCUT2D eigenvalue weighted by Crippen LogP contribution is -2.31. The summed E-state index contributed by atoms with van der Waals surface area (Å²) >= 11 is 3.43. The van der Waals surface area contributed by atoms with Gasteiger partial charge in [-0.25, -0.2) is 0 Å². The molecular formula is C19H18BrNO6. The number of nitrogens with one attached hydrogen (secondary N) is 1. The van der Waals surface area contributed by atoms with Crippen LogP contribution in [0.5, 0.6) is 11.5 Å². The molecule has 0 spiro atoms. The normalized spacial score (nSPS) is 18.9. The van der Waals surface area contributed by atoms with Crippen LogP contribution in [0.25, 0.3) is 0 Å². The molecule has 0 bridgehead atoms. The number of benzene rings is 2. The average molecular weight is 436 g/mol. The van der Waals surface area contributed by atoms with E-state index < -0.39 is 30.5 Å². The number of carbonyl (C=O) groups is 2. The predicted molar refractivity (Wildman–Crippen MR) is 101 cm³/mol. The lowest BCUT2D eigenvalue weighted by molar-refractivity contribution is -0.146. The minimum absolute atomic E-state index is 0.455. The van der Waals surface area contributed by atoms with Crippen LogP contribution in [0, 0.1) is 0 Å². The van der Waals surface area contributed by atoms with Gasteiger partial charge < -0.3 is 24.6 Å². The molecule has 8 heteroatoms.